The van der Waals surface area contributed by atoms with E-state index >= 15 is 0 Å². The summed E-state index contributed by atoms with van der Waals surface area (Å²) in [6, 6.07) is 15.3. The average molecular weight is 338 g/mol. The molecule has 0 saturated carbocycles. The molecule has 2 aromatic rings. The van der Waals surface area contributed by atoms with Gasteiger partial charge in [-0.05, 0) is 54.6 Å². The number of amides is 1. The number of likely N-dealkylation sites (tertiary alicyclic amines) is 1. The smallest absolute Gasteiger partial charge is 0.237 e. The minimum absolute atomic E-state index is 0.198. The number of halogens is 1. The van der Waals surface area contributed by atoms with E-state index in [2.05, 4.69) is 23.1 Å². The predicted octanol–water partition coefficient (Wildman–Crippen LogP) is 3.55. The van der Waals surface area contributed by atoms with Gasteiger partial charge in [0.15, 0.2) is 0 Å². The summed E-state index contributed by atoms with van der Waals surface area (Å²) in [6.07, 6.45) is 3.04. The van der Waals surface area contributed by atoms with Crippen LogP contribution in [0.5, 0.6) is 0 Å². The second-order valence-corrected chi connectivity index (χ2v) is 7.01. The fraction of sp³-hybridized carbons (Fsp3) is 0.381. The Balaban J connectivity index is 1.43. The highest BCUT2D eigenvalue weighted by Gasteiger charge is 2.30. The molecule has 2 aromatic carbocycles. The third kappa shape index (κ3) is 3.45. The van der Waals surface area contributed by atoms with E-state index in [1.807, 2.05) is 23.1 Å². The third-order valence-corrected chi connectivity index (χ3v) is 5.44. The number of hydrogen-bond donors (Lipinski definition) is 0. The van der Waals surface area contributed by atoms with Crippen molar-refractivity contribution in [1.29, 1.82) is 0 Å². The second-order valence-electron chi connectivity index (χ2n) is 7.01. The summed E-state index contributed by atoms with van der Waals surface area (Å²) in [4.78, 5) is 17.0. The molecule has 1 unspecified atom stereocenters. The van der Waals surface area contributed by atoms with E-state index in [0.29, 0.717) is 13.1 Å². The van der Waals surface area contributed by atoms with Gasteiger partial charge >= 0.3 is 0 Å². The Kier molecular flexibility index (Phi) is 4.53. The zero-order valence-corrected chi connectivity index (χ0v) is 14.3. The molecule has 4 heteroatoms. The van der Waals surface area contributed by atoms with Crippen molar-refractivity contribution in [2.75, 3.05) is 19.6 Å². The van der Waals surface area contributed by atoms with Crippen LogP contribution in [0.2, 0.25) is 0 Å². The van der Waals surface area contributed by atoms with Gasteiger partial charge in [-0.1, -0.05) is 36.4 Å². The van der Waals surface area contributed by atoms with Crippen LogP contribution >= 0.6 is 0 Å². The first kappa shape index (κ1) is 16.3. The van der Waals surface area contributed by atoms with Gasteiger partial charge in [-0.2, -0.15) is 0 Å². The maximum absolute atomic E-state index is 13.2. The van der Waals surface area contributed by atoms with Crippen LogP contribution in [-0.2, 0) is 17.8 Å². The van der Waals surface area contributed by atoms with E-state index < -0.39 is 0 Å². The van der Waals surface area contributed by atoms with Crippen LogP contribution < -0.4 is 0 Å². The summed E-state index contributed by atoms with van der Waals surface area (Å²) in [5.74, 6) is -0.0140. The maximum Gasteiger partial charge on any atom is 0.237 e. The highest BCUT2D eigenvalue weighted by molar-refractivity contribution is 5.78. The third-order valence-electron chi connectivity index (χ3n) is 5.44. The fourth-order valence-corrected chi connectivity index (χ4v) is 4.06. The number of hydrogen-bond acceptors (Lipinski definition) is 2. The molecule has 2 aliphatic rings. The van der Waals surface area contributed by atoms with Gasteiger partial charge in [0.2, 0.25) is 5.91 Å². The standard InChI is InChI=1S/C21H23FN2O/c22-19-9-7-17(8-10-19)20-6-3-12-23(20)15-21(25)24-13-11-16-4-1-2-5-18(16)14-24/h1-2,4-5,7-10,20H,3,6,11-15H2. The number of benzene rings is 2. The Morgan fingerprint density at radius 2 is 1.80 bits per heavy atom. The normalized spacial score (nSPS) is 20.5. The largest absolute Gasteiger partial charge is 0.337 e. The molecule has 3 nitrogen and oxygen atoms in total. The van der Waals surface area contributed by atoms with Gasteiger partial charge in [-0.3, -0.25) is 9.69 Å². The van der Waals surface area contributed by atoms with Crippen molar-refractivity contribution in [2.45, 2.75) is 31.8 Å². The predicted molar refractivity (Wildman–Crippen MR) is 95.5 cm³/mol. The lowest BCUT2D eigenvalue weighted by Gasteiger charge is -2.32. The Hall–Kier alpha value is -2.20. The summed E-state index contributed by atoms with van der Waals surface area (Å²) in [7, 11) is 0. The quantitative estimate of drug-likeness (QED) is 0.854. The zero-order chi connectivity index (χ0) is 17.2. The van der Waals surface area contributed by atoms with Gasteiger partial charge in [0, 0.05) is 19.1 Å². The van der Waals surface area contributed by atoms with Gasteiger partial charge in [0.05, 0.1) is 6.54 Å². The Labute approximate surface area is 148 Å². The summed E-state index contributed by atoms with van der Waals surface area (Å²) < 4.78 is 13.2. The first-order chi connectivity index (χ1) is 12.2. The van der Waals surface area contributed by atoms with Crippen LogP contribution in [0.15, 0.2) is 48.5 Å². The minimum Gasteiger partial charge on any atom is -0.337 e. The van der Waals surface area contributed by atoms with E-state index in [4.69, 9.17) is 0 Å². The molecule has 0 radical (unpaired) electrons. The molecule has 0 aromatic heterocycles. The van der Waals surface area contributed by atoms with E-state index in [0.717, 1.165) is 37.9 Å². The van der Waals surface area contributed by atoms with Crippen LogP contribution in [0, 0.1) is 5.82 Å². The lowest BCUT2D eigenvalue weighted by Crippen LogP contribution is -2.42. The van der Waals surface area contributed by atoms with Gasteiger partial charge in [-0.15, -0.1) is 0 Å². The molecule has 1 atom stereocenters. The molecule has 1 fully saturated rings. The lowest BCUT2D eigenvalue weighted by atomic mass is 10.00. The monoisotopic (exact) mass is 338 g/mol. The van der Waals surface area contributed by atoms with Crippen LogP contribution in [-0.4, -0.2) is 35.3 Å². The Morgan fingerprint density at radius 3 is 2.60 bits per heavy atom. The molecule has 0 spiro atoms. The summed E-state index contributed by atoms with van der Waals surface area (Å²) in [5.41, 5.74) is 3.73. The van der Waals surface area contributed by atoms with Crippen molar-refractivity contribution in [3.05, 3.63) is 71.0 Å². The molecule has 0 bridgehead atoms. The number of fused-ring (bicyclic) bond motifs is 1. The van der Waals surface area contributed by atoms with Crippen molar-refractivity contribution in [3.8, 4) is 0 Å². The first-order valence-electron chi connectivity index (χ1n) is 9.05. The van der Waals surface area contributed by atoms with Crippen LogP contribution in [0.3, 0.4) is 0 Å². The number of carbonyl (C=O) groups is 1. The van der Waals surface area contributed by atoms with Crippen LogP contribution in [0.4, 0.5) is 4.39 Å². The molecule has 0 aliphatic carbocycles. The van der Waals surface area contributed by atoms with Crippen molar-refractivity contribution in [3.63, 3.8) is 0 Å². The molecule has 2 heterocycles. The maximum atomic E-state index is 13.2. The van der Waals surface area contributed by atoms with E-state index in [9.17, 15) is 9.18 Å². The van der Waals surface area contributed by atoms with Crippen molar-refractivity contribution >= 4 is 5.91 Å². The van der Waals surface area contributed by atoms with Crippen LogP contribution in [0.1, 0.15) is 35.6 Å². The zero-order valence-electron chi connectivity index (χ0n) is 14.3. The second kappa shape index (κ2) is 6.96. The number of nitrogens with zero attached hydrogens (tertiary/aromatic N) is 2. The minimum atomic E-state index is -0.212. The fourth-order valence-electron chi connectivity index (χ4n) is 4.06. The molecule has 1 amide bonds. The molecule has 4 rings (SSSR count). The van der Waals surface area contributed by atoms with Gasteiger partial charge < -0.3 is 4.90 Å². The highest BCUT2D eigenvalue weighted by atomic mass is 19.1. The number of rotatable bonds is 3. The molecule has 130 valence electrons. The van der Waals surface area contributed by atoms with Crippen molar-refractivity contribution in [2.24, 2.45) is 0 Å². The highest BCUT2D eigenvalue weighted by Crippen LogP contribution is 2.32. The molecule has 2 aliphatic heterocycles. The Bertz CT molecular complexity index is 759. The molecule has 0 N–H and O–H groups in total. The molecular formula is C21H23FN2O. The first-order valence-corrected chi connectivity index (χ1v) is 9.05. The van der Waals surface area contributed by atoms with Crippen LogP contribution in [0.25, 0.3) is 0 Å². The molecule has 25 heavy (non-hydrogen) atoms. The van der Waals surface area contributed by atoms with Gasteiger partial charge in [0.1, 0.15) is 5.82 Å². The van der Waals surface area contributed by atoms with E-state index in [-0.39, 0.29) is 17.8 Å². The van der Waals surface area contributed by atoms with Gasteiger partial charge in [-0.25, -0.2) is 4.39 Å². The van der Waals surface area contributed by atoms with E-state index in [1.54, 1.807) is 0 Å². The SMILES string of the molecule is O=C(CN1CCCC1c1ccc(F)cc1)N1CCc2ccccc2C1. The van der Waals surface area contributed by atoms with Crippen molar-refractivity contribution in [1.82, 2.24) is 9.80 Å². The van der Waals surface area contributed by atoms with E-state index in [1.165, 1.54) is 23.3 Å². The summed E-state index contributed by atoms with van der Waals surface area (Å²) >= 11 is 0. The topological polar surface area (TPSA) is 23.6 Å². The number of carbonyl (C=O) groups excluding carboxylic acids is 1. The summed E-state index contributed by atoms with van der Waals surface area (Å²) in [5, 5.41) is 0. The molecular weight excluding hydrogens is 315 g/mol. The molecule has 1 saturated heterocycles. The average Bonchev–Trinajstić information content (AvgIpc) is 3.10. The van der Waals surface area contributed by atoms with Crippen molar-refractivity contribution < 1.29 is 9.18 Å². The lowest BCUT2D eigenvalue weighted by molar-refractivity contribution is -0.133. The Morgan fingerprint density at radius 1 is 1.04 bits per heavy atom. The van der Waals surface area contributed by atoms with Gasteiger partial charge in [0.25, 0.3) is 0 Å². The summed E-state index contributed by atoms with van der Waals surface area (Å²) in [6.45, 7) is 2.89.